The molecule has 0 aliphatic carbocycles. The maximum Gasteiger partial charge on any atom is 0.243 e. The summed E-state index contributed by atoms with van der Waals surface area (Å²) in [4.78, 5) is 12.4. The average molecular weight is 443 g/mol. The van der Waals surface area contributed by atoms with E-state index in [4.69, 9.17) is 23.2 Å². The topological polar surface area (TPSA) is 66.5 Å². The summed E-state index contributed by atoms with van der Waals surface area (Å²) in [6.07, 6.45) is 2.92. The van der Waals surface area contributed by atoms with E-state index in [-0.39, 0.29) is 23.9 Å². The first-order chi connectivity index (χ1) is 13.3. The molecule has 8 heteroatoms. The van der Waals surface area contributed by atoms with Crippen molar-refractivity contribution >= 4 is 39.1 Å². The lowest BCUT2D eigenvalue weighted by Crippen LogP contribution is -2.40. The minimum absolute atomic E-state index is 0.0600. The van der Waals surface area contributed by atoms with E-state index in [1.807, 2.05) is 0 Å². The molecule has 0 aliphatic heterocycles. The Morgan fingerprint density at radius 3 is 2.11 bits per heavy atom. The number of amides is 1. The van der Waals surface area contributed by atoms with Crippen LogP contribution < -0.4 is 5.32 Å². The SMILES string of the molecule is CCCCCNC(=O)CN(Cc1ccc(Cl)cc1)S(=O)(=O)c1ccc(Cl)cc1. The highest BCUT2D eigenvalue weighted by atomic mass is 35.5. The fourth-order valence-corrected chi connectivity index (χ4v) is 4.23. The Labute approximate surface area is 176 Å². The highest BCUT2D eigenvalue weighted by molar-refractivity contribution is 7.89. The van der Waals surface area contributed by atoms with Gasteiger partial charge in [0.2, 0.25) is 15.9 Å². The van der Waals surface area contributed by atoms with E-state index in [0.29, 0.717) is 16.6 Å². The number of hydrogen-bond acceptors (Lipinski definition) is 3. The lowest BCUT2D eigenvalue weighted by molar-refractivity contribution is -0.121. The first-order valence-electron chi connectivity index (χ1n) is 9.10. The van der Waals surface area contributed by atoms with Crippen LogP contribution in [0.1, 0.15) is 31.7 Å². The number of carbonyl (C=O) groups excluding carboxylic acids is 1. The number of rotatable bonds is 10. The molecule has 0 aromatic heterocycles. The summed E-state index contributed by atoms with van der Waals surface area (Å²) < 4.78 is 27.4. The second-order valence-corrected chi connectivity index (χ2v) is 9.22. The van der Waals surface area contributed by atoms with Crippen molar-refractivity contribution in [2.75, 3.05) is 13.1 Å². The molecule has 2 aromatic rings. The summed E-state index contributed by atoms with van der Waals surface area (Å²) in [6.45, 7) is 2.40. The Bertz CT molecular complexity index is 869. The first-order valence-corrected chi connectivity index (χ1v) is 11.3. The fraction of sp³-hybridized carbons (Fsp3) is 0.350. The van der Waals surface area contributed by atoms with Gasteiger partial charge in [-0.3, -0.25) is 4.79 Å². The smallest absolute Gasteiger partial charge is 0.243 e. The second kappa shape index (κ2) is 10.8. The van der Waals surface area contributed by atoms with E-state index in [2.05, 4.69) is 12.2 Å². The number of halogens is 2. The predicted octanol–water partition coefficient (Wildman–Crippen LogP) is 4.49. The number of unbranched alkanes of at least 4 members (excludes halogenated alkanes) is 2. The van der Waals surface area contributed by atoms with Crippen LogP contribution in [0.3, 0.4) is 0 Å². The van der Waals surface area contributed by atoms with Gasteiger partial charge in [-0.05, 0) is 48.4 Å². The number of benzene rings is 2. The van der Waals surface area contributed by atoms with Crippen molar-refractivity contribution in [3.8, 4) is 0 Å². The highest BCUT2D eigenvalue weighted by Gasteiger charge is 2.26. The van der Waals surface area contributed by atoms with Gasteiger partial charge in [0, 0.05) is 23.1 Å². The number of sulfonamides is 1. The van der Waals surface area contributed by atoms with Crippen molar-refractivity contribution in [2.24, 2.45) is 0 Å². The van der Waals surface area contributed by atoms with Gasteiger partial charge in [-0.25, -0.2) is 8.42 Å². The zero-order valence-corrected chi connectivity index (χ0v) is 18.0. The predicted molar refractivity (Wildman–Crippen MR) is 113 cm³/mol. The van der Waals surface area contributed by atoms with E-state index in [9.17, 15) is 13.2 Å². The molecule has 0 spiro atoms. The van der Waals surface area contributed by atoms with Crippen LogP contribution >= 0.6 is 23.2 Å². The third-order valence-corrected chi connectivity index (χ3v) is 6.46. The lowest BCUT2D eigenvalue weighted by Gasteiger charge is -2.22. The van der Waals surface area contributed by atoms with Crippen molar-refractivity contribution in [1.29, 1.82) is 0 Å². The minimum Gasteiger partial charge on any atom is -0.355 e. The van der Waals surface area contributed by atoms with Crippen molar-refractivity contribution in [2.45, 2.75) is 37.6 Å². The molecule has 2 rings (SSSR count). The number of nitrogens with one attached hydrogen (secondary N) is 1. The van der Waals surface area contributed by atoms with E-state index in [1.165, 1.54) is 24.3 Å². The zero-order chi connectivity index (χ0) is 20.6. The molecule has 0 aliphatic rings. The molecule has 0 fully saturated rings. The summed E-state index contributed by atoms with van der Waals surface area (Å²) in [5, 5.41) is 3.79. The molecule has 0 atom stereocenters. The Morgan fingerprint density at radius 2 is 1.54 bits per heavy atom. The molecule has 0 unspecified atom stereocenters. The molecular formula is C20H24Cl2N2O3S. The van der Waals surface area contributed by atoms with Gasteiger partial charge in [0.05, 0.1) is 11.4 Å². The van der Waals surface area contributed by atoms with Gasteiger partial charge >= 0.3 is 0 Å². The molecule has 0 bridgehead atoms. The van der Waals surface area contributed by atoms with Crippen molar-refractivity contribution in [1.82, 2.24) is 9.62 Å². The summed E-state index contributed by atoms with van der Waals surface area (Å²) in [5.74, 6) is -0.331. The highest BCUT2D eigenvalue weighted by Crippen LogP contribution is 2.21. The van der Waals surface area contributed by atoms with Gasteiger partial charge in [0.1, 0.15) is 0 Å². The Hall–Kier alpha value is -1.60. The summed E-state index contributed by atoms with van der Waals surface area (Å²) >= 11 is 11.8. The van der Waals surface area contributed by atoms with Crippen molar-refractivity contribution in [3.63, 3.8) is 0 Å². The maximum atomic E-state index is 13.1. The molecule has 0 radical (unpaired) electrons. The molecule has 5 nitrogen and oxygen atoms in total. The van der Waals surface area contributed by atoms with Gasteiger partial charge in [-0.1, -0.05) is 55.1 Å². The Morgan fingerprint density at radius 1 is 0.964 bits per heavy atom. The van der Waals surface area contributed by atoms with Gasteiger partial charge in [-0.2, -0.15) is 4.31 Å². The van der Waals surface area contributed by atoms with Gasteiger partial charge in [0.25, 0.3) is 0 Å². The molecule has 2 aromatic carbocycles. The molecule has 1 amide bonds. The molecular weight excluding hydrogens is 419 g/mol. The molecule has 28 heavy (non-hydrogen) atoms. The Kier molecular flexibility index (Phi) is 8.76. The third kappa shape index (κ3) is 6.78. The summed E-state index contributed by atoms with van der Waals surface area (Å²) in [7, 11) is -3.88. The van der Waals surface area contributed by atoms with Crippen LogP contribution in [0.5, 0.6) is 0 Å². The molecule has 0 heterocycles. The Balaban J connectivity index is 2.20. The number of hydrogen-bond donors (Lipinski definition) is 1. The maximum absolute atomic E-state index is 13.1. The number of carbonyl (C=O) groups is 1. The second-order valence-electron chi connectivity index (χ2n) is 6.41. The summed E-state index contributed by atoms with van der Waals surface area (Å²) in [6, 6.07) is 12.8. The standard InChI is InChI=1S/C20H24Cl2N2O3S/c1-2-3-4-13-23-20(25)15-24(14-16-5-7-17(21)8-6-16)28(26,27)19-11-9-18(22)10-12-19/h5-12H,2-4,13-15H2,1H3,(H,23,25). The van der Waals surface area contributed by atoms with E-state index < -0.39 is 10.0 Å². The van der Waals surface area contributed by atoms with Crippen LogP contribution in [0.4, 0.5) is 0 Å². The van der Waals surface area contributed by atoms with E-state index in [0.717, 1.165) is 29.1 Å². The van der Waals surface area contributed by atoms with Crippen LogP contribution in [0.15, 0.2) is 53.4 Å². The summed E-state index contributed by atoms with van der Waals surface area (Å²) in [5.41, 5.74) is 0.737. The van der Waals surface area contributed by atoms with Crippen molar-refractivity contribution in [3.05, 3.63) is 64.1 Å². The molecule has 1 N–H and O–H groups in total. The van der Waals surface area contributed by atoms with Gasteiger partial charge < -0.3 is 5.32 Å². The third-order valence-electron chi connectivity index (χ3n) is 4.15. The van der Waals surface area contributed by atoms with E-state index in [1.54, 1.807) is 24.3 Å². The molecule has 0 saturated carbocycles. The first kappa shape index (κ1) is 22.7. The fourth-order valence-electron chi connectivity index (χ4n) is 2.59. The zero-order valence-electron chi connectivity index (χ0n) is 15.7. The van der Waals surface area contributed by atoms with Crippen LogP contribution in [-0.2, 0) is 21.4 Å². The van der Waals surface area contributed by atoms with Crippen LogP contribution in [0.25, 0.3) is 0 Å². The average Bonchev–Trinajstić information content (AvgIpc) is 2.67. The monoisotopic (exact) mass is 442 g/mol. The minimum atomic E-state index is -3.88. The van der Waals surface area contributed by atoms with Crippen molar-refractivity contribution < 1.29 is 13.2 Å². The van der Waals surface area contributed by atoms with Crippen LogP contribution in [-0.4, -0.2) is 31.7 Å². The van der Waals surface area contributed by atoms with Gasteiger partial charge in [0.15, 0.2) is 0 Å². The normalized spacial score (nSPS) is 11.6. The van der Waals surface area contributed by atoms with Gasteiger partial charge in [-0.15, -0.1) is 0 Å². The quantitative estimate of drug-likeness (QED) is 0.551. The lowest BCUT2D eigenvalue weighted by atomic mass is 10.2. The van der Waals surface area contributed by atoms with Crippen LogP contribution in [0, 0.1) is 0 Å². The van der Waals surface area contributed by atoms with E-state index >= 15 is 0 Å². The van der Waals surface area contributed by atoms with Crippen LogP contribution in [0.2, 0.25) is 10.0 Å². The molecule has 0 saturated heterocycles. The molecule has 152 valence electrons. The largest absolute Gasteiger partial charge is 0.355 e. The number of nitrogens with zero attached hydrogens (tertiary/aromatic N) is 1.